The van der Waals surface area contributed by atoms with Crippen molar-refractivity contribution in [1.82, 2.24) is 15.5 Å². The first kappa shape index (κ1) is 16.4. The van der Waals surface area contributed by atoms with Crippen LogP contribution in [0.3, 0.4) is 0 Å². The van der Waals surface area contributed by atoms with Gasteiger partial charge in [-0.2, -0.15) is 0 Å². The van der Waals surface area contributed by atoms with Crippen LogP contribution in [0.5, 0.6) is 0 Å². The van der Waals surface area contributed by atoms with Crippen LogP contribution in [0.1, 0.15) is 52.4 Å². The summed E-state index contributed by atoms with van der Waals surface area (Å²) < 4.78 is 0. The summed E-state index contributed by atoms with van der Waals surface area (Å²) in [7, 11) is 4.30. The molecule has 4 nitrogen and oxygen atoms in total. The molecule has 19 heavy (non-hydrogen) atoms. The SMILES string of the molecule is CCC(CC)NC(=O)CNCC1(N(C)C)CCCC1. The second-order valence-corrected chi connectivity index (χ2v) is 6.01. The van der Waals surface area contributed by atoms with Gasteiger partial charge in [0.15, 0.2) is 0 Å². The van der Waals surface area contributed by atoms with Gasteiger partial charge < -0.3 is 15.5 Å². The van der Waals surface area contributed by atoms with E-state index in [1.165, 1.54) is 25.7 Å². The van der Waals surface area contributed by atoms with Crippen LogP contribution in [0.4, 0.5) is 0 Å². The molecule has 1 aliphatic rings. The van der Waals surface area contributed by atoms with Crippen LogP contribution in [0, 0.1) is 0 Å². The molecule has 0 heterocycles. The highest BCUT2D eigenvalue weighted by atomic mass is 16.1. The molecule has 1 fully saturated rings. The van der Waals surface area contributed by atoms with Crippen LogP contribution in [0.25, 0.3) is 0 Å². The first-order valence-corrected chi connectivity index (χ1v) is 7.71. The van der Waals surface area contributed by atoms with E-state index in [-0.39, 0.29) is 11.4 Å². The van der Waals surface area contributed by atoms with Crippen LogP contribution in [-0.4, -0.2) is 49.6 Å². The van der Waals surface area contributed by atoms with Crippen LogP contribution < -0.4 is 10.6 Å². The van der Waals surface area contributed by atoms with Gasteiger partial charge >= 0.3 is 0 Å². The number of carbonyl (C=O) groups excluding carboxylic acids is 1. The van der Waals surface area contributed by atoms with Gasteiger partial charge in [-0.15, -0.1) is 0 Å². The quantitative estimate of drug-likeness (QED) is 0.706. The van der Waals surface area contributed by atoms with E-state index in [1.54, 1.807) is 0 Å². The molecule has 0 unspecified atom stereocenters. The summed E-state index contributed by atoms with van der Waals surface area (Å²) >= 11 is 0. The molecule has 1 aliphatic carbocycles. The molecular weight excluding hydrogens is 238 g/mol. The average molecular weight is 269 g/mol. The Bertz CT molecular complexity index is 269. The summed E-state index contributed by atoms with van der Waals surface area (Å²) in [4.78, 5) is 14.2. The van der Waals surface area contributed by atoms with E-state index >= 15 is 0 Å². The van der Waals surface area contributed by atoms with E-state index in [0.717, 1.165) is 19.4 Å². The Morgan fingerprint density at radius 2 is 1.79 bits per heavy atom. The number of nitrogens with one attached hydrogen (secondary N) is 2. The van der Waals surface area contributed by atoms with Crippen molar-refractivity contribution in [2.24, 2.45) is 0 Å². The first-order valence-electron chi connectivity index (χ1n) is 7.71. The van der Waals surface area contributed by atoms with Crippen molar-refractivity contribution in [3.05, 3.63) is 0 Å². The molecule has 0 saturated heterocycles. The summed E-state index contributed by atoms with van der Waals surface area (Å²) in [5.41, 5.74) is 0.259. The fraction of sp³-hybridized carbons (Fsp3) is 0.933. The third-order valence-electron chi connectivity index (χ3n) is 4.57. The van der Waals surface area contributed by atoms with Crippen LogP contribution in [-0.2, 0) is 4.79 Å². The van der Waals surface area contributed by atoms with Crippen molar-refractivity contribution in [1.29, 1.82) is 0 Å². The van der Waals surface area contributed by atoms with Gasteiger partial charge in [0.25, 0.3) is 0 Å². The Kier molecular flexibility index (Phi) is 6.80. The Morgan fingerprint density at radius 1 is 1.21 bits per heavy atom. The largest absolute Gasteiger partial charge is 0.352 e. The van der Waals surface area contributed by atoms with Gasteiger partial charge in [-0.05, 0) is 39.8 Å². The summed E-state index contributed by atoms with van der Waals surface area (Å²) in [6.07, 6.45) is 7.09. The second-order valence-electron chi connectivity index (χ2n) is 6.01. The molecule has 1 amide bonds. The second kappa shape index (κ2) is 7.85. The zero-order valence-corrected chi connectivity index (χ0v) is 13.1. The van der Waals surface area contributed by atoms with Crippen molar-refractivity contribution in [3.8, 4) is 0 Å². The van der Waals surface area contributed by atoms with E-state index in [4.69, 9.17) is 0 Å². The number of hydrogen-bond donors (Lipinski definition) is 2. The molecular formula is C15H31N3O. The van der Waals surface area contributed by atoms with Crippen molar-refractivity contribution in [2.75, 3.05) is 27.2 Å². The fourth-order valence-corrected chi connectivity index (χ4v) is 3.00. The molecule has 0 aromatic carbocycles. The molecule has 4 heteroatoms. The lowest BCUT2D eigenvalue weighted by Crippen LogP contribution is -2.51. The third kappa shape index (κ3) is 4.77. The van der Waals surface area contributed by atoms with E-state index in [0.29, 0.717) is 12.6 Å². The first-order chi connectivity index (χ1) is 9.04. The molecule has 0 spiro atoms. The molecule has 112 valence electrons. The van der Waals surface area contributed by atoms with Crippen LogP contribution in [0.15, 0.2) is 0 Å². The maximum atomic E-state index is 11.8. The van der Waals surface area contributed by atoms with E-state index in [2.05, 4.69) is 43.5 Å². The molecule has 0 aliphatic heterocycles. The molecule has 0 atom stereocenters. The van der Waals surface area contributed by atoms with Gasteiger partial charge in [0.2, 0.25) is 5.91 Å². The van der Waals surface area contributed by atoms with Gasteiger partial charge in [0.05, 0.1) is 6.54 Å². The third-order valence-corrected chi connectivity index (χ3v) is 4.57. The fourth-order valence-electron chi connectivity index (χ4n) is 3.00. The van der Waals surface area contributed by atoms with Crippen molar-refractivity contribution >= 4 is 5.91 Å². The smallest absolute Gasteiger partial charge is 0.234 e. The van der Waals surface area contributed by atoms with Gasteiger partial charge in [-0.25, -0.2) is 0 Å². The normalized spacial score (nSPS) is 18.2. The number of rotatable bonds is 8. The Hall–Kier alpha value is -0.610. The zero-order valence-electron chi connectivity index (χ0n) is 13.1. The van der Waals surface area contributed by atoms with Crippen molar-refractivity contribution < 1.29 is 4.79 Å². The summed E-state index contributed by atoms with van der Waals surface area (Å²) in [6, 6.07) is 0.323. The topological polar surface area (TPSA) is 44.4 Å². The van der Waals surface area contributed by atoms with Gasteiger partial charge in [-0.3, -0.25) is 4.79 Å². The highest BCUT2D eigenvalue weighted by Crippen LogP contribution is 2.32. The zero-order chi connectivity index (χ0) is 14.3. The molecule has 0 radical (unpaired) electrons. The molecule has 0 bridgehead atoms. The van der Waals surface area contributed by atoms with E-state index in [9.17, 15) is 4.79 Å². The minimum absolute atomic E-state index is 0.126. The molecule has 1 rings (SSSR count). The van der Waals surface area contributed by atoms with E-state index < -0.39 is 0 Å². The summed E-state index contributed by atoms with van der Waals surface area (Å²) in [5.74, 6) is 0.126. The number of amides is 1. The van der Waals surface area contributed by atoms with Gasteiger partial charge in [-0.1, -0.05) is 26.7 Å². The minimum Gasteiger partial charge on any atom is -0.352 e. The standard InChI is InChI=1S/C15H31N3O/c1-5-13(6-2)17-14(19)11-16-12-15(18(3)4)9-7-8-10-15/h13,16H,5-12H2,1-4H3,(H,17,19). The predicted molar refractivity (Wildman–Crippen MR) is 80.3 cm³/mol. The van der Waals surface area contributed by atoms with E-state index in [1.807, 2.05) is 0 Å². The molecule has 1 saturated carbocycles. The summed E-state index contributed by atoms with van der Waals surface area (Å²) in [6.45, 7) is 5.57. The maximum absolute atomic E-state index is 11.8. The Balaban J connectivity index is 2.30. The van der Waals surface area contributed by atoms with Gasteiger partial charge in [0, 0.05) is 18.1 Å². The highest BCUT2D eigenvalue weighted by Gasteiger charge is 2.35. The van der Waals surface area contributed by atoms with Crippen molar-refractivity contribution in [3.63, 3.8) is 0 Å². The molecule has 2 N–H and O–H groups in total. The Morgan fingerprint density at radius 3 is 2.26 bits per heavy atom. The summed E-state index contributed by atoms with van der Waals surface area (Å²) in [5, 5.41) is 6.42. The maximum Gasteiger partial charge on any atom is 0.234 e. The van der Waals surface area contributed by atoms with Crippen molar-refractivity contribution in [2.45, 2.75) is 64.0 Å². The molecule has 0 aromatic rings. The Labute approximate surface area is 118 Å². The number of carbonyl (C=O) groups is 1. The number of hydrogen-bond acceptors (Lipinski definition) is 3. The van der Waals surface area contributed by atoms with Crippen LogP contribution >= 0.6 is 0 Å². The predicted octanol–water partition coefficient (Wildman–Crippen LogP) is 1.76. The number of likely N-dealkylation sites (N-methyl/N-ethyl adjacent to an activating group) is 1. The lowest BCUT2D eigenvalue weighted by Gasteiger charge is -2.36. The number of nitrogens with zero attached hydrogens (tertiary/aromatic N) is 1. The van der Waals surface area contributed by atoms with Crippen LogP contribution in [0.2, 0.25) is 0 Å². The highest BCUT2D eigenvalue weighted by molar-refractivity contribution is 5.78. The monoisotopic (exact) mass is 269 g/mol. The lowest BCUT2D eigenvalue weighted by atomic mass is 9.96. The molecule has 0 aromatic heterocycles. The lowest BCUT2D eigenvalue weighted by molar-refractivity contribution is -0.121. The van der Waals surface area contributed by atoms with Gasteiger partial charge in [0.1, 0.15) is 0 Å². The average Bonchev–Trinajstić information content (AvgIpc) is 2.86. The minimum atomic E-state index is 0.126.